The fourth-order valence-electron chi connectivity index (χ4n) is 4.68. The molecule has 5 aromatic rings. The zero-order valence-corrected chi connectivity index (χ0v) is 23.8. The molecule has 2 N–H and O–H groups in total. The predicted octanol–water partition coefficient (Wildman–Crippen LogP) is 5.18. The Bertz CT molecular complexity index is 1920. The minimum absolute atomic E-state index is 0.150. The van der Waals surface area contributed by atoms with Crippen molar-refractivity contribution in [2.45, 2.75) is 38.8 Å². The summed E-state index contributed by atoms with van der Waals surface area (Å²) in [4.78, 5) is 55.9. The van der Waals surface area contributed by atoms with Crippen LogP contribution in [0.15, 0.2) is 83.9 Å². The van der Waals surface area contributed by atoms with Crippen LogP contribution < -0.4 is 10.9 Å². The number of aromatic nitrogens is 3. The summed E-state index contributed by atoms with van der Waals surface area (Å²) in [6.07, 6.45) is 1.82. The van der Waals surface area contributed by atoms with Gasteiger partial charge in [-0.25, -0.2) is 19.1 Å². The molecule has 0 aliphatic carbocycles. The lowest BCUT2D eigenvalue weighted by Gasteiger charge is -2.22. The number of pyridine rings is 1. The summed E-state index contributed by atoms with van der Waals surface area (Å²) in [7, 11) is 0. The van der Waals surface area contributed by atoms with Crippen molar-refractivity contribution in [1.82, 2.24) is 19.3 Å². The van der Waals surface area contributed by atoms with E-state index in [1.807, 2.05) is 0 Å². The highest BCUT2D eigenvalue weighted by molar-refractivity contribution is 6.35. The van der Waals surface area contributed by atoms with E-state index in [1.165, 1.54) is 15.2 Å². The van der Waals surface area contributed by atoms with Gasteiger partial charge in [-0.1, -0.05) is 48.0 Å². The van der Waals surface area contributed by atoms with E-state index in [4.69, 9.17) is 16.3 Å². The molecule has 0 saturated heterocycles. The summed E-state index contributed by atoms with van der Waals surface area (Å²) in [5.74, 6) is -2.17. The number of nitrogens with one attached hydrogen (secondary N) is 1. The number of carboxylic acid groups (broad SMARTS) is 1. The largest absolute Gasteiger partial charge is 0.480 e. The van der Waals surface area contributed by atoms with Gasteiger partial charge < -0.3 is 15.2 Å². The molecule has 214 valence electrons. The highest BCUT2D eigenvalue weighted by atomic mass is 35.5. The Labute approximate surface area is 245 Å². The van der Waals surface area contributed by atoms with E-state index in [9.17, 15) is 24.3 Å². The number of aliphatic carboxylic acids is 1. The van der Waals surface area contributed by atoms with E-state index in [1.54, 1.807) is 87.5 Å². The molecule has 0 aliphatic rings. The fourth-order valence-corrected chi connectivity index (χ4v) is 4.91. The summed E-state index contributed by atoms with van der Waals surface area (Å²) in [6.45, 7) is 5.27. The first-order chi connectivity index (χ1) is 19.9. The lowest BCUT2D eigenvalue weighted by Crippen LogP contribution is -2.44. The number of fused-ring (bicyclic) bond motifs is 2. The van der Waals surface area contributed by atoms with E-state index >= 15 is 0 Å². The highest BCUT2D eigenvalue weighted by Gasteiger charge is 2.27. The van der Waals surface area contributed by atoms with Gasteiger partial charge in [0.05, 0.1) is 11.2 Å². The summed E-state index contributed by atoms with van der Waals surface area (Å²) in [6, 6.07) is 17.4. The van der Waals surface area contributed by atoms with Gasteiger partial charge in [-0.2, -0.15) is 0 Å². The number of halogens is 1. The van der Waals surface area contributed by atoms with Crippen LogP contribution in [0.2, 0.25) is 5.02 Å². The molecule has 3 aromatic heterocycles. The molecule has 1 atom stereocenters. The SMILES string of the molecule is CC(C)(C)OC(=O)n1c(-c2ccccc2C[C@H](NC(=O)c2cnc3ccccn3c2=O)C(=O)O)cc2c(Cl)cccc21. The average Bonchev–Trinajstić information content (AvgIpc) is 3.33. The fraction of sp³-hybridized carbons (Fsp3) is 0.194. The van der Waals surface area contributed by atoms with Crippen molar-refractivity contribution in [3.8, 4) is 11.3 Å². The van der Waals surface area contributed by atoms with Gasteiger partial charge in [-0.15, -0.1) is 0 Å². The second kappa shape index (κ2) is 11.1. The molecule has 1 amide bonds. The number of hydrogen-bond acceptors (Lipinski definition) is 6. The molecule has 42 heavy (non-hydrogen) atoms. The summed E-state index contributed by atoms with van der Waals surface area (Å²) < 4.78 is 8.30. The van der Waals surface area contributed by atoms with E-state index in [0.717, 1.165) is 6.20 Å². The van der Waals surface area contributed by atoms with Crippen molar-refractivity contribution in [3.63, 3.8) is 0 Å². The van der Waals surface area contributed by atoms with E-state index in [-0.39, 0.29) is 12.0 Å². The lowest BCUT2D eigenvalue weighted by atomic mass is 9.97. The van der Waals surface area contributed by atoms with Crippen LogP contribution in [0.4, 0.5) is 4.79 Å². The highest BCUT2D eigenvalue weighted by Crippen LogP contribution is 2.35. The Balaban J connectivity index is 1.54. The molecule has 0 aliphatic heterocycles. The van der Waals surface area contributed by atoms with Gasteiger partial charge in [0.25, 0.3) is 11.5 Å². The number of benzene rings is 2. The Kier molecular flexibility index (Phi) is 7.57. The van der Waals surface area contributed by atoms with Crippen LogP contribution >= 0.6 is 11.6 Å². The van der Waals surface area contributed by atoms with Crippen molar-refractivity contribution >= 4 is 46.1 Å². The molecular formula is C31H27ClN4O6. The maximum absolute atomic E-state index is 13.4. The van der Waals surface area contributed by atoms with Crippen molar-refractivity contribution in [2.24, 2.45) is 0 Å². The third kappa shape index (κ3) is 5.61. The lowest BCUT2D eigenvalue weighted by molar-refractivity contribution is -0.139. The van der Waals surface area contributed by atoms with Crippen LogP contribution in [0.1, 0.15) is 36.7 Å². The quantitative estimate of drug-likeness (QED) is 0.280. The standard InChI is InChI=1S/C31H27ClN4O6/c1-31(2,3)42-30(41)36-24-12-8-11-22(32)20(24)16-25(36)19-10-5-4-9-18(19)15-23(29(39)40)34-27(37)21-17-33-26-13-6-7-14-35(26)28(21)38/h4-14,16-17,23H,15H2,1-3H3,(H,34,37)(H,39,40)/t23-/m0/s1. The van der Waals surface area contributed by atoms with Crippen LogP contribution in [0, 0.1) is 0 Å². The van der Waals surface area contributed by atoms with Crippen molar-refractivity contribution in [3.05, 3.63) is 106 Å². The molecule has 0 spiro atoms. The van der Waals surface area contributed by atoms with Crippen LogP contribution in [0.25, 0.3) is 27.8 Å². The van der Waals surface area contributed by atoms with Crippen LogP contribution in [0.3, 0.4) is 0 Å². The maximum atomic E-state index is 13.4. The average molecular weight is 587 g/mol. The van der Waals surface area contributed by atoms with Gasteiger partial charge in [0.15, 0.2) is 0 Å². The Hall–Kier alpha value is -4.96. The topological polar surface area (TPSA) is 132 Å². The molecule has 11 heteroatoms. The number of carbonyl (C=O) groups is 3. The number of carbonyl (C=O) groups excluding carboxylic acids is 2. The summed E-state index contributed by atoms with van der Waals surface area (Å²) in [5.41, 5.74) is 0.690. The molecule has 0 unspecified atom stereocenters. The second-order valence-corrected chi connectivity index (χ2v) is 11.1. The van der Waals surface area contributed by atoms with E-state index in [0.29, 0.717) is 38.4 Å². The molecule has 3 heterocycles. The van der Waals surface area contributed by atoms with Crippen molar-refractivity contribution < 1.29 is 24.2 Å². The van der Waals surface area contributed by atoms with E-state index < -0.39 is 35.2 Å². The van der Waals surface area contributed by atoms with Gasteiger partial charge in [0, 0.05) is 34.8 Å². The van der Waals surface area contributed by atoms with Crippen LogP contribution in [-0.2, 0) is 16.0 Å². The minimum Gasteiger partial charge on any atom is -0.480 e. The van der Waals surface area contributed by atoms with Gasteiger partial charge in [-0.3, -0.25) is 14.0 Å². The third-order valence-electron chi connectivity index (χ3n) is 6.55. The zero-order valence-electron chi connectivity index (χ0n) is 23.0. The maximum Gasteiger partial charge on any atom is 0.419 e. The molecule has 0 saturated carbocycles. The molecule has 0 fully saturated rings. The summed E-state index contributed by atoms with van der Waals surface area (Å²) >= 11 is 6.47. The zero-order chi connectivity index (χ0) is 30.2. The number of nitrogens with zero attached hydrogens (tertiary/aromatic N) is 3. The smallest absolute Gasteiger partial charge is 0.419 e. The number of amides is 1. The van der Waals surface area contributed by atoms with E-state index in [2.05, 4.69) is 10.3 Å². The molecule has 10 nitrogen and oxygen atoms in total. The Morgan fingerprint density at radius 1 is 1.05 bits per heavy atom. The first kappa shape index (κ1) is 28.6. The third-order valence-corrected chi connectivity index (χ3v) is 6.88. The minimum atomic E-state index is -1.41. The predicted molar refractivity (Wildman–Crippen MR) is 158 cm³/mol. The molecular weight excluding hydrogens is 560 g/mol. The Morgan fingerprint density at radius 2 is 1.79 bits per heavy atom. The number of carboxylic acids is 1. The van der Waals surface area contributed by atoms with Gasteiger partial charge >= 0.3 is 12.1 Å². The molecule has 0 bridgehead atoms. The number of ether oxygens (including phenoxy) is 1. The van der Waals surface area contributed by atoms with Gasteiger partial charge in [-0.05, 0) is 56.7 Å². The number of rotatable bonds is 6. The summed E-state index contributed by atoms with van der Waals surface area (Å²) in [5, 5.41) is 13.5. The monoisotopic (exact) mass is 586 g/mol. The van der Waals surface area contributed by atoms with Crippen molar-refractivity contribution in [1.29, 1.82) is 0 Å². The van der Waals surface area contributed by atoms with Crippen LogP contribution in [0.5, 0.6) is 0 Å². The first-order valence-electron chi connectivity index (χ1n) is 13.1. The van der Waals surface area contributed by atoms with Crippen molar-refractivity contribution in [2.75, 3.05) is 0 Å². The first-order valence-corrected chi connectivity index (χ1v) is 13.4. The molecule has 5 rings (SSSR count). The molecule has 0 radical (unpaired) electrons. The molecule has 2 aromatic carbocycles. The van der Waals surface area contributed by atoms with Gasteiger partial charge in [0.2, 0.25) is 0 Å². The Morgan fingerprint density at radius 3 is 2.52 bits per heavy atom. The normalized spacial score (nSPS) is 12.3. The second-order valence-electron chi connectivity index (χ2n) is 10.6. The van der Waals surface area contributed by atoms with Crippen LogP contribution in [-0.4, -0.2) is 48.7 Å². The number of hydrogen-bond donors (Lipinski definition) is 2. The van der Waals surface area contributed by atoms with Gasteiger partial charge in [0.1, 0.15) is 22.9 Å².